The van der Waals surface area contributed by atoms with Crippen LogP contribution in [0.15, 0.2) is 0 Å². The molecular weight excluding hydrogens is 338 g/mol. The Balaban J connectivity index is 0. The SMILES string of the molecule is CC(C)C(C)(C)C.II. The molecule has 0 nitrogen and oxygen atoms in total. The first-order valence-corrected chi connectivity index (χ1v) is 9.37. The van der Waals surface area contributed by atoms with Crippen LogP contribution in [0.1, 0.15) is 34.6 Å². The van der Waals surface area contributed by atoms with Gasteiger partial charge in [-0.15, -0.1) is 0 Å². The molecule has 0 saturated heterocycles. The van der Waals surface area contributed by atoms with Crippen molar-refractivity contribution < 1.29 is 0 Å². The Morgan fingerprint density at radius 1 is 1.00 bits per heavy atom. The van der Waals surface area contributed by atoms with Crippen LogP contribution in [0.2, 0.25) is 0 Å². The Kier molecular flexibility index (Phi) is 8.99. The van der Waals surface area contributed by atoms with Crippen LogP contribution in [0.25, 0.3) is 0 Å². The molecule has 0 spiro atoms. The summed E-state index contributed by atoms with van der Waals surface area (Å²) < 4.78 is 0. The minimum atomic E-state index is 0.500. The van der Waals surface area contributed by atoms with Gasteiger partial charge in [0.1, 0.15) is 0 Å². The van der Waals surface area contributed by atoms with Crippen molar-refractivity contribution in [2.45, 2.75) is 34.6 Å². The van der Waals surface area contributed by atoms with Crippen LogP contribution in [0.3, 0.4) is 0 Å². The molecule has 0 aliphatic heterocycles. The minimum absolute atomic E-state index is 0.500. The Morgan fingerprint density at radius 2 is 1.11 bits per heavy atom. The zero-order valence-electron chi connectivity index (χ0n) is 6.83. The van der Waals surface area contributed by atoms with E-state index in [2.05, 4.69) is 71.9 Å². The average molecular weight is 354 g/mol. The van der Waals surface area contributed by atoms with Crippen molar-refractivity contribution in [1.29, 1.82) is 0 Å². The third kappa shape index (κ3) is 9.46. The van der Waals surface area contributed by atoms with Crippen LogP contribution in [0.5, 0.6) is 0 Å². The van der Waals surface area contributed by atoms with E-state index in [1.165, 1.54) is 0 Å². The molecule has 0 aromatic carbocycles. The molecule has 0 aliphatic carbocycles. The molecule has 0 N–H and O–H groups in total. The summed E-state index contributed by atoms with van der Waals surface area (Å²) in [5.74, 6) is 0.799. The predicted molar refractivity (Wildman–Crippen MR) is 62.3 cm³/mol. The molecule has 0 unspecified atom stereocenters. The van der Waals surface area contributed by atoms with Gasteiger partial charge in [-0.2, -0.15) is 0 Å². The molecule has 0 aromatic heterocycles. The number of hydrogen-bond donors (Lipinski definition) is 0. The fourth-order valence-electron chi connectivity index (χ4n) is 0. The summed E-state index contributed by atoms with van der Waals surface area (Å²) in [4.78, 5) is 0. The van der Waals surface area contributed by atoms with Gasteiger partial charge in [-0.3, -0.25) is 0 Å². The Morgan fingerprint density at radius 3 is 1.11 bits per heavy atom. The highest BCUT2D eigenvalue weighted by molar-refractivity contribution is 15.0. The fourth-order valence-corrected chi connectivity index (χ4v) is 0. The molecule has 2 heteroatoms. The van der Waals surface area contributed by atoms with Crippen LogP contribution in [-0.2, 0) is 0 Å². The van der Waals surface area contributed by atoms with E-state index in [0.717, 1.165) is 5.92 Å². The van der Waals surface area contributed by atoms with E-state index in [9.17, 15) is 0 Å². The summed E-state index contributed by atoms with van der Waals surface area (Å²) in [5.41, 5.74) is 0.500. The monoisotopic (exact) mass is 354 g/mol. The quantitative estimate of drug-likeness (QED) is 0.564. The lowest BCUT2D eigenvalue weighted by molar-refractivity contribution is 0.283. The minimum Gasteiger partial charge on any atom is -0.0623 e. The highest BCUT2D eigenvalue weighted by Crippen LogP contribution is 2.23. The van der Waals surface area contributed by atoms with Crippen molar-refractivity contribution in [1.82, 2.24) is 0 Å². The third-order valence-corrected chi connectivity index (χ3v) is 1.73. The van der Waals surface area contributed by atoms with Crippen molar-refractivity contribution in [3.8, 4) is 0 Å². The molecule has 0 aromatic rings. The molecule has 0 atom stereocenters. The van der Waals surface area contributed by atoms with Gasteiger partial charge in [0, 0.05) is 37.2 Å². The second kappa shape index (κ2) is 6.19. The molecule has 58 valence electrons. The van der Waals surface area contributed by atoms with E-state index in [4.69, 9.17) is 0 Å². The van der Waals surface area contributed by atoms with Crippen molar-refractivity contribution in [3.63, 3.8) is 0 Å². The second-order valence-electron chi connectivity index (χ2n) is 3.52. The lowest BCUT2D eigenvalue weighted by Crippen LogP contribution is -2.12. The first-order valence-electron chi connectivity index (χ1n) is 3.09. The van der Waals surface area contributed by atoms with Crippen LogP contribution < -0.4 is 0 Å². The maximum atomic E-state index is 2.26. The molecule has 0 aliphatic rings. The molecule has 0 heterocycles. The van der Waals surface area contributed by atoms with Gasteiger partial charge in [0.15, 0.2) is 0 Å². The molecule has 0 bridgehead atoms. The van der Waals surface area contributed by atoms with Gasteiger partial charge in [-0.1, -0.05) is 34.6 Å². The zero-order chi connectivity index (χ0) is 8.08. The van der Waals surface area contributed by atoms with Gasteiger partial charge in [0.2, 0.25) is 0 Å². The highest BCUT2D eigenvalue weighted by Gasteiger charge is 2.13. The first kappa shape index (κ1) is 13.1. The number of rotatable bonds is 0. The van der Waals surface area contributed by atoms with Gasteiger partial charge in [-0.05, 0) is 11.3 Å². The van der Waals surface area contributed by atoms with E-state index in [0.29, 0.717) is 5.41 Å². The van der Waals surface area contributed by atoms with Gasteiger partial charge in [0.05, 0.1) is 0 Å². The predicted octanol–water partition coefficient (Wildman–Crippen LogP) is 4.46. The molecule has 9 heavy (non-hydrogen) atoms. The van der Waals surface area contributed by atoms with Crippen molar-refractivity contribution >= 4 is 37.2 Å². The summed E-state index contributed by atoms with van der Waals surface area (Å²) in [5, 5.41) is 0. The van der Waals surface area contributed by atoms with E-state index in [1.807, 2.05) is 0 Å². The maximum Gasteiger partial charge on any atom is 0 e. The Labute approximate surface area is 82.5 Å². The maximum absolute atomic E-state index is 2.26. The Bertz CT molecular complexity index is 52.4. The van der Waals surface area contributed by atoms with Crippen LogP contribution >= 0.6 is 37.2 Å². The van der Waals surface area contributed by atoms with E-state index < -0.39 is 0 Å². The lowest BCUT2D eigenvalue weighted by atomic mass is 9.84. The van der Waals surface area contributed by atoms with Crippen molar-refractivity contribution in [2.75, 3.05) is 0 Å². The smallest absolute Gasteiger partial charge is 0 e. The van der Waals surface area contributed by atoms with Crippen LogP contribution in [-0.4, -0.2) is 0 Å². The summed E-state index contributed by atoms with van der Waals surface area (Å²) in [6.07, 6.45) is 0. The largest absolute Gasteiger partial charge is 0.0623 e. The van der Waals surface area contributed by atoms with Crippen LogP contribution in [0, 0.1) is 11.3 Å². The number of hydrogen-bond acceptors (Lipinski definition) is 0. The third-order valence-electron chi connectivity index (χ3n) is 1.73. The van der Waals surface area contributed by atoms with Gasteiger partial charge in [0.25, 0.3) is 0 Å². The molecule has 0 fully saturated rings. The van der Waals surface area contributed by atoms with Crippen LogP contribution in [0.4, 0.5) is 0 Å². The molecule has 0 radical (unpaired) electrons. The first-order chi connectivity index (χ1) is 3.94. The fraction of sp³-hybridized carbons (Fsp3) is 1.00. The average Bonchev–Trinajstić information content (AvgIpc) is 1.69. The molecular formula is C7H16I2. The molecule has 0 saturated carbocycles. The topological polar surface area (TPSA) is 0 Å². The van der Waals surface area contributed by atoms with Gasteiger partial charge in [-0.25, -0.2) is 0 Å². The lowest BCUT2D eigenvalue weighted by Gasteiger charge is -2.22. The normalized spacial score (nSPS) is 10.7. The zero-order valence-corrected chi connectivity index (χ0v) is 11.1. The van der Waals surface area contributed by atoms with E-state index in [-0.39, 0.29) is 0 Å². The van der Waals surface area contributed by atoms with E-state index in [1.54, 1.807) is 0 Å². The Hall–Kier alpha value is 1.46. The summed E-state index contributed by atoms with van der Waals surface area (Å²) >= 11 is 4.24. The standard InChI is InChI=1S/C7H16.I2/c1-6(2)7(3,4)5;1-2/h6H,1-5H3;. The van der Waals surface area contributed by atoms with E-state index >= 15 is 0 Å². The summed E-state index contributed by atoms with van der Waals surface area (Å²) in [6, 6.07) is 0. The molecule has 0 amide bonds. The van der Waals surface area contributed by atoms with Crippen molar-refractivity contribution in [2.24, 2.45) is 11.3 Å². The van der Waals surface area contributed by atoms with Gasteiger partial charge >= 0.3 is 0 Å². The summed E-state index contributed by atoms with van der Waals surface area (Å²) in [7, 11) is 0. The van der Waals surface area contributed by atoms with Crippen molar-refractivity contribution in [3.05, 3.63) is 0 Å². The second-order valence-corrected chi connectivity index (χ2v) is 3.52. The van der Waals surface area contributed by atoms with Gasteiger partial charge < -0.3 is 0 Å². The summed E-state index contributed by atoms with van der Waals surface area (Å²) in [6.45, 7) is 11.3. The number of halogens is 2. The highest BCUT2D eigenvalue weighted by atomic mass is 128. The molecule has 0 rings (SSSR count).